The molecule has 1 N–H and O–H groups in total. The smallest absolute Gasteiger partial charge is 0.142 e. The molecule has 1 aromatic carbocycles. The van der Waals surface area contributed by atoms with Crippen LogP contribution in [0.5, 0.6) is 0 Å². The topological polar surface area (TPSA) is 24.9 Å². The predicted octanol–water partition coefficient (Wildman–Crippen LogP) is 4.34. The second kappa shape index (κ2) is 7.15. The second-order valence-electron chi connectivity index (χ2n) is 4.93. The van der Waals surface area contributed by atoms with Gasteiger partial charge in [-0.3, -0.25) is 4.98 Å². The first-order valence-corrected chi connectivity index (χ1v) is 7.18. The quantitative estimate of drug-likeness (QED) is 0.846. The summed E-state index contributed by atoms with van der Waals surface area (Å²) in [5, 5.41) is 3.54. The maximum absolute atomic E-state index is 13.3. The minimum atomic E-state index is -0.302. The Kier molecular flexibility index (Phi) is 5.24. The first kappa shape index (κ1) is 14.7. The number of halogens is 1. The Morgan fingerprint density at radius 2 is 2.00 bits per heavy atom. The van der Waals surface area contributed by atoms with Gasteiger partial charge in [0.15, 0.2) is 0 Å². The summed E-state index contributed by atoms with van der Waals surface area (Å²) in [7, 11) is 0. The molecule has 0 saturated heterocycles. The monoisotopic (exact) mass is 272 g/mol. The molecule has 3 heteroatoms. The normalized spacial score (nSPS) is 12.3. The summed E-state index contributed by atoms with van der Waals surface area (Å²) in [6.45, 7) is 5.34. The highest BCUT2D eigenvalue weighted by atomic mass is 19.1. The summed E-state index contributed by atoms with van der Waals surface area (Å²) in [4.78, 5) is 3.91. The van der Waals surface area contributed by atoms with Gasteiger partial charge in [-0.15, -0.1) is 0 Å². The number of pyridine rings is 1. The molecule has 1 atom stereocenters. The van der Waals surface area contributed by atoms with Crippen LogP contribution in [0.1, 0.15) is 38.3 Å². The lowest BCUT2D eigenvalue weighted by atomic mass is 9.99. The van der Waals surface area contributed by atoms with Crippen molar-refractivity contribution in [3.8, 4) is 11.1 Å². The molecule has 0 saturated carbocycles. The molecule has 0 amide bonds. The SMILES string of the molecule is CCCNC(CC)c1cccc(-c2cncc(F)c2)c1. The van der Waals surface area contributed by atoms with Gasteiger partial charge in [0, 0.05) is 17.8 Å². The number of rotatable bonds is 6. The average Bonchev–Trinajstić information content (AvgIpc) is 2.48. The van der Waals surface area contributed by atoms with Gasteiger partial charge < -0.3 is 5.32 Å². The van der Waals surface area contributed by atoms with Crippen molar-refractivity contribution in [1.29, 1.82) is 0 Å². The molecular weight excluding hydrogens is 251 g/mol. The van der Waals surface area contributed by atoms with E-state index >= 15 is 0 Å². The molecule has 0 aliphatic heterocycles. The lowest BCUT2D eigenvalue weighted by Crippen LogP contribution is -2.21. The van der Waals surface area contributed by atoms with Gasteiger partial charge in [0.2, 0.25) is 0 Å². The van der Waals surface area contributed by atoms with E-state index in [1.54, 1.807) is 6.20 Å². The van der Waals surface area contributed by atoms with E-state index in [-0.39, 0.29) is 5.82 Å². The van der Waals surface area contributed by atoms with E-state index in [2.05, 4.69) is 36.3 Å². The van der Waals surface area contributed by atoms with Crippen LogP contribution in [0, 0.1) is 5.82 Å². The minimum absolute atomic E-state index is 0.302. The van der Waals surface area contributed by atoms with E-state index in [9.17, 15) is 4.39 Å². The maximum Gasteiger partial charge on any atom is 0.142 e. The number of nitrogens with zero attached hydrogens (tertiary/aromatic N) is 1. The Morgan fingerprint density at radius 1 is 1.15 bits per heavy atom. The van der Waals surface area contributed by atoms with E-state index in [4.69, 9.17) is 0 Å². The van der Waals surface area contributed by atoms with Gasteiger partial charge in [-0.1, -0.05) is 32.0 Å². The van der Waals surface area contributed by atoms with E-state index in [0.717, 1.165) is 30.5 Å². The van der Waals surface area contributed by atoms with Crippen LogP contribution in [0.2, 0.25) is 0 Å². The third-order valence-electron chi connectivity index (χ3n) is 3.38. The zero-order valence-electron chi connectivity index (χ0n) is 12.1. The van der Waals surface area contributed by atoms with Gasteiger partial charge in [-0.25, -0.2) is 4.39 Å². The summed E-state index contributed by atoms with van der Waals surface area (Å²) in [5.41, 5.74) is 3.06. The number of aromatic nitrogens is 1. The van der Waals surface area contributed by atoms with Crippen molar-refractivity contribution in [3.63, 3.8) is 0 Å². The molecule has 0 radical (unpaired) electrons. The highest BCUT2D eigenvalue weighted by Gasteiger charge is 2.09. The van der Waals surface area contributed by atoms with E-state index in [0.29, 0.717) is 6.04 Å². The van der Waals surface area contributed by atoms with Gasteiger partial charge >= 0.3 is 0 Å². The van der Waals surface area contributed by atoms with Crippen molar-refractivity contribution in [1.82, 2.24) is 10.3 Å². The average molecular weight is 272 g/mol. The van der Waals surface area contributed by atoms with E-state index in [1.807, 2.05) is 12.1 Å². The van der Waals surface area contributed by atoms with Crippen LogP contribution in [0.4, 0.5) is 4.39 Å². The largest absolute Gasteiger partial charge is 0.310 e. The van der Waals surface area contributed by atoms with Crippen LogP contribution in [0.25, 0.3) is 11.1 Å². The third kappa shape index (κ3) is 3.64. The molecule has 0 spiro atoms. The molecule has 2 rings (SSSR count). The van der Waals surface area contributed by atoms with Gasteiger partial charge in [0.1, 0.15) is 5.82 Å². The molecule has 0 fully saturated rings. The second-order valence-corrected chi connectivity index (χ2v) is 4.93. The Balaban J connectivity index is 2.27. The summed E-state index contributed by atoms with van der Waals surface area (Å²) < 4.78 is 13.3. The molecule has 0 aliphatic rings. The molecule has 0 bridgehead atoms. The summed E-state index contributed by atoms with van der Waals surface area (Å²) in [5.74, 6) is -0.302. The number of hydrogen-bond acceptors (Lipinski definition) is 2. The van der Waals surface area contributed by atoms with Crippen molar-refractivity contribution in [2.24, 2.45) is 0 Å². The zero-order chi connectivity index (χ0) is 14.4. The number of benzene rings is 1. The van der Waals surface area contributed by atoms with Crippen LogP contribution < -0.4 is 5.32 Å². The van der Waals surface area contributed by atoms with Gasteiger partial charge in [0.05, 0.1) is 6.20 Å². The van der Waals surface area contributed by atoms with Crippen molar-refractivity contribution in [3.05, 3.63) is 54.1 Å². The molecule has 0 aliphatic carbocycles. The Hall–Kier alpha value is -1.74. The Morgan fingerprint density at radius 3 is 2.70 bits per heavy atom. The third-order valence-corrected chi connectivity index (χ3v) is 3.38. The highest BCUT2D eigenvalue weighted by molar-refractivity contribution is 5.63. The fraction of sp³-hybridized carbons (Fsp3) is 0.353. The Bertz CT molecular complexity index is 554. The molecule has 1 aromatic heterocycles. The van der Waals surface area contributed by atoms with Crippen molar-refractivity contribution >= 4 is 0 Å². The lowest BCUT2D eigenvalue weighted by Gasteiger charge is -2.18. The first-order chi connectivity index (χ1) is 9.74. The summed E-state index contributed by atoms with van der Waals surface area (Å²) in [6.07, 6.45) is 5.07. The minimum Gasteiger partial charge on any atom is -0.310 e. The lowest BCUT2D eigenvalue weighted by molar-refractivity contribution is 0.518. The summed E-state index contributed by atoms with van der Waals surface area (Å²) >= 11 is 0. The molecule has 20 heavy (non-hydrogen) atoms. The van der Waals surface area contributed by atoms with Crippen molar-refractivity contribution in [2.45, 2.75) is 32.7 Å². The fourth-order valence-electron chi connectivity index (χ4n) is 2.32. The Labute approximate surface area is 120 Å². The molecule has 106 valence electrons. The summed E-state index contributed by atoms with van der Waals surface area (Å²) in [6, 6.07) is 10.1. The van der Waals surface area contributed by atoms with Crippen molar-refractivity contribution < 1.29 is 4.39 Å². The molecule has 1 heterocycles. The molecular formula is C17H21FN2. The number of nitrogens with one attached hydrogen (secondary N) is 1. The van der Waals surface area contributed by atoms with Gasteiger partial charge in [0.25, 0.3) is 0 Å². The number of hydrogen-bond donors (Lipinski definition) is 1. The van der Waals surface area contributed by atoms with Crippen LogP contribution >= 0.6 is 0 Å². The first-order valence-electron chi connectivity index (χ1n) is 7.18. The zero-order valence-corrected chi connectivity index (χ0v) is 12.1. The van der Waals surface area contributed by atoms with Crippen LogP contribution in [-0.4, -0.2) is 11.5 Å². The van der Waals surface area contributed by atoms with E-state index in [1.165, 1.54) is 17.8 Å². The van der Waals surface area contributed by atoms with E-state index < -0.39 is 0 Å². The fourth-order valence-corrected chi connectivity index (χ4v) is 2.32. The predicted molar refractivity (Wildman–Crippen MR) is 81.0 cm³/mol. The van der Waals surface area contributed by atoms with Crippen LogP contribution in [0.15, 0.2) is 42.7 Å². The van der Waals surface area contributed by atoms with Gasteiger partial charge in [-0.2, -0.15) is 0 Å². The molecule has 2 aromatic rings. The molecule has 2 nitrogen and oxygen atoms in total. The maximum atomic E-state index is 13.3. The van der Waals surface area contributed by atoms with Crippen LogP contribution in [0.3, 0.4) is 0 Å². The standard InChI is InChI=1S/C17H21FN2/c1-3-8-20-17(4-2)14-7-5-6-13(9-14)15-10-16(18)12-19-11-15/h5-7,9-12,17,20H,3-4,8H2,1-2H3. The van der Waals surface area contributed by atoms with Crippen molar-refractivity contribution in [2.75, 3.05) is 6.54 Å². The molecule has 1 unspecified atom stereocenters. The van der Waals surface area contributed by atoms with Crippen LogP contribution in [-0.2, 0) is 0 Å². The highest BCUT2D eigenvalue weighted by Crippen LogP contribution is 2.24. The van der Waals surface area contributed by atoms with Gasteiger partial charge in [-0.05, 0) is 42.6 Å².